The summed E-state index contributed by atoms with van der Waals surface area (Å²) in [6.07, 6.45) is 1.58. The summed E-state index contributed by atoms with van der Waals surface area (Å²) < 4.78 is 20.3. The number of methoxy groups -OCH3 is 1. The highest BCUT2D eigenvalue weighted by molar-refractivity contribution is 9.13. The number of ether oxygens (including phenoxy) is 3. The van der Waals surface area contributed by atoms with Crippen LogP contribution in [0.5, 0.6) is 17.2 Å². The third-order valence-electron chi connectivity index (χ3n) is 6.32. The van der Waals surface area contributed by atoms with Crippen LogP contribution in [0.2, 0.25) is 0 Å². The normalized spacial score (nSPS) is 11.7. The summed E-state index contributed by atoms with van der Waals surface area (Å²) in [5.74, 6) is 2.62. The minimum Gasteiger partial charge on any atom is -0.496 e. The Kier molecular flexibility index (Phi) is 9.36. The van der Waals surface area contributed by atoms with E-state index < -0.39 is 0 Å². The standard InChI is InChI=1S/C31H33Br2N3O4/c1-8-39-26-14-20(27(32)28(33)29(26)40-18(4)5)16-34-36-30(35-24-12-10-9-11-21(24)31(36)37)23-15-22(17(2)3)25(38-7)13-19(23)6/h9-18H,8H2,1-7H3. The Balaban J connectivity index is 1.97. The number of hydrogen-bond acceptors (Lipinski definition) is 6. The second kappa shape index (κ2) is 12.6. The van der Waals surface area contributed by atoms with Crippen LogP contribution < -0.4 is 19.8 Å². The fourth-order valence-corrected chi connectivity index (χ4v) is 5.31. The lowest BCUT2D eigenvalue weighted by Gasteiger charge is -2.18. The molecule has 0 atom stereocenters. The zero-order valence-electron chi connectivity index (χ0n) is 23.7. The second-order valence-electron chi connectivity index (χ2n) is 9.90. The van der Waals surface area contributed by atoms with Crippen molar-refractivity contribution in [1.29, 1.82) is 0 Å². The largest absolute Gasteiger partial charge is 0.496 e. The van der Waals surface area contributed by atoms with Gasteiger partial charge in [0.15, 0.2) is 17.3 Å². The van der Waals surface area contributed by atoms with E-state index in [1.165, 1.54) is 4.68 Å². The molecule has 0 aliphatic carbocycles. The molecule has 4 aromatic rings. The number of para-hydroxylation sites is 1. The van der Waals surface area contributed by atoms with E-state index in [-0.39, 0.29) is 17.6 Å². The van der Waals surface area contributed by atoms with Gasteiger partial charge in [0.05, 0.1) is 41.4 Å². The molecule has 3 aromatic carbocycles. The van der Waals surface area contributed by atoms with Crippen molar-refractivity contribution in [2.75, 3.05) is 13.7 Å². The lowest BCUT2D eigenvalue weighted by Crippen LogP contribution is -2.21. The zero-order chi connectivity index (χ0) is 29.1. The fraction of sp³-hybridized carbons (Fsp3) is 0.323. The van der Waals surface area contributed by atoms with Crippen LogP contribution in [0.25, 0.3) is 22.3 Å². The topological polar surface area (TPSA) is 74.9 Å². The molecule has 210 valence electrons. The average molecular weight is 671 g/mol. The van der Waals surface area contributed by atoms with Gasteiger partial charge in [0.1, 0.15) is 5.75 Å². The van der Waals surface area contributed by atoms with Gasteiger partial charge >= 0.3 is 0 Å². The SMILES string of the molecule is CCOc1cc(C=Nn2c(-c3cc(C(C)C)c(OC)cc3C)nc3ccccc3c2=O)c(Br)c(Br)c1OC(C)C. The monoisotopic (exact) mass is 669 g/mol. The number of benzene rings is 3. The summed E-state index contributed by atoms with van der Waals surface area (Å²) in [6.45, 7) is 12.5. The van der Waals surface area contributed by atoms with Crippen LogP contribution in [-0.4, -0.2) is 35.7 Å². The number of fused-ring (bicyclic) bond motifs is 1. The summed E-state index contributed by atoms with van der Waals surface area (Å²) in [6, 6.07) is 13.2. The van der Waals surface area contributed by atoms with Crippen LogP contribution in [-0.2, 0) is 0 Å². The van der Waals surface area contributed by atoms with E-state index in [1.807, 2.05) is 64.1 Å². The van der Waals surface area contributed by atoms with E-state index >= 15 is 0 Å². The van der Waals surface area contributed by atoms with Crippen molar-refractivity contribution < 1.29 is 14.2 Å². The minimum absolute atomic E-state index is 0.0461. The number of nitrogens with zero attached hydrogens (tertiary/aromatic N) is 3. The van der Waals surface area contributed by atoms with E-state index in [4.69, 9.17) is 24.3 Å². The Morgan fingerprint density at radius 3 is 2.42 bits per heavy atom. The maximum Gasteiger partial charge on any atom is 0.282 e. The summed E-state index contributed by atoms with van der Waals surface area (Å²) in [5.41, 5.74) is 3.79. The molecule has 0 aliphatic heterocycles. The first-order chi connectivity index (χ1) is 19.1. The third-order valence-corrected chi connectivity index (χ3v) is 8.46. The van der Waals surface area contributed by atoms with Crippen molar-refractivity contribution in [3.8, 4) is 28.6 Å². The van der Waals surface area contributed by atoms with Crippen LogP contribution in [0.1, 0.15) is 57.2 Å². The maximum atomic E-state index is 13.8. The summed E-state index contributed by atoms with van der Waals surface area (Å²) in [4.78, 5) is 18.7. The average Bonchev–Trinajstić information content (AvgIpc) is 2.92. The van der Waals surface area contributed by atoms with Crippen LogP contribution in [0.15, 0.2) is 61.3 Å². The number of halogens is 2. The fourth-order valence-electron chi connectivity index (χ4n) is 4.40. The summed E-state index contributed by atoms with van der Waals surface area (Å²) in [7, 11) is 1.67. The van der Waals surface area contributed by atoms with E-state index in [2.05, 4.69) is 45.7 Å². The van der Waals surface area contributed by atoms with Crippen LogP contribution in [0, 0.1) is 6.92 Å². The first-order valence-electron chi connectivity index (χ1n) is 13.1. The van der Waals surface area contributed by atoms with Gasteiger partial charge in [-0.25, -0.2) is 4.98 Å². The third kappa shape index (κ3) is 5.95. The van der Waals surface area contributed by atoms with Crippen molar-refractivity contribution in [3.63, 3.8) is 0 Å². The molecule has 0 fully saturated rings. The number of rotatable bonds is 9. The Bertz CT molecular complexity index is 1640. The predicted octanol–water partition coefficient (Wildman–Crippen LogP) is 8.10. The van der Waals surface area contributed by atoms with Gasteiger partial charge in [-0.3, -0.25) is 4.79 Å². The van der Waals surface area contributed by atoms with Gasteiger partial charge in [-0.05, 0) is 107 Å². The quantitative estimate of drug-likeness (QED) is 0.168. The molecule has 0 bridgehead atoms. The molecule has 0 radical (unpaired) electrons. The molecular formula is C31H33Br2N3O4. The van der Waals surface area contributed by atoms with Gasteiger partial charge in [-0.1, -0.05) is 26.0 Å². The molecule has 0 saturated heterocycles. The van der Waals surface area contributed by atoms with Gasteiger partial charge in [-0.2, -0.15) is 9.78 Å². The highest BCUT2D eigenvalue weighted by Crippen LogP contribution is 2.43. The molecule has 9 heteroatoms. The second-order valence-corrected chi connectivity index (χ2v) is 11.5. The molecule has 7 nitrogen and oxygen atoms in total. The van der Waals surface area contributed by atoms with Crippen LogP contribution in [0.3, 0.4) is 0 Å². The number of aryl methyl sites for hydroxylation is 1. The van der Waals surface area contributed by atoms with Crippen molar-refractivity contribution in [2.45, 2.75) is 53.6 Å². The number of aromatic nitrogens is 2. The molecule has 1 heterocycles. The van der Waals surface area contributed by atoms with Crippen LogP contribution >= 0.6 is 31.9 Å². The lowest BCUT2D eigenvalue weighted by atomic mass is 9.96. The van der Waals surface area contributed by atoms with Gasteiger partial charge in [0.2, 0.25) is 0 Å². The molecule has 0 N–H and O–H groups in total. The summed E-state index contributed by atoms with van der Waals surface area (Å²) in [5, 5.41) is 5.17. The van der Waals surface area contributed by atoms with Crippen LogP contribution in [0.4, 0.5) is 0 Å². The zero-order valence-corrected chi connectivity index (χ0v) is 26.9. The molecule has 0 amide bonds. The van der Waals surface area contributed by atoms with Crippen molar-refractivity contribution in [1.82, 2.24) is 9.66 Å². The highest BCUT2D eigenvalue weighted by atomic mass is 79.9. The molecular weight excluding hydrogens is 638 g/mol. The molecule has 0 aliphatic rings. The molecule has 40 heavy (non-hydrogen) atoms. The Hall–Kier alpha value is -3.17. The van der Waals surface area contributed by atoms with Gasteiger partial charge < -0.3 is 14.2 Å². The first-order valence-corrected chi connectivity index (χ1v) is 14.7. The Morgan fingerprint density at radius 1 is 1.05 bits per heavy atom. The molecule has 0 unspecified atom stereocenters. The smallest absolute Gasteiger partial charge is 0.282 e. The summed E-state index contributed by atoms with van der Waals surface area (Å²) >= 11 is 7.31. The maximum absolute atomic E-state index is 13.8. The van der Waals surface area contributed by atoms with E-state index in [9.17, 15) is 4.79 Å². The molecule has 1 aromatic heterocycles. The predicted molar refractivity (Wildman–Crippen MR) is 169 cm³/mol. The van der Waals surface area contributed by atoms with Crippen molar-refractivity contribution in [2.24, 2.45) is 5.10 Å². The van der Waals surface area contributed by atoms with Crippen molar-refractivity contribution >= 4 is 49.0 Å². The molecule has 0 spiro atoms. The first kappa shape index (κ1) is 29.8. The van der Waals surface area contributed by atoms with E-state index in [0.29, 0.717) is 44.9 Å². The number of hydrogen-bond donors (Lipinski definition) is 0. The van der Waals surface area contributed by atoms with E-state index in [0.717, 1.165) is 26.9 Å². The lowest BCUT2D eigenvalue weighted by molar-refractivity contribution is 0.222. The van der Waals surface area contributed by atoms with Gasteiger partial charge in [-0.15, -0.1) is 0 Å². The van der Waals surface area contributed by atoms with Gasteiger partial charge in [0, 0.05) is 15.6 Å². The Morgan fingerprint density at radius 2 is 1.77 bits per heavy atom. The molecule has 4 rings (SSSR count). The highest BCUT2D eigenvalue weighted by Gasteiger charge is 2.20. The Labute approximate surface area is 251 Å². The van der Waals surface area contributed by atoms with E-state index in [1.54, 1.807) is 19.4 Å². The van der Waals surface area contributed by atoms with Crippen molar-refractivity contribution in [3.05, 3.63) is 78.5 Å². The molecule has 0 saturated carbocycles. The minimum atomic E-state index is -0.266. The van der Waals surface area contributed by atoms with Gasteiger partial charge in [0.25, 0.3) is 5.56 Å².